The van der Waals surface area contributed by atoms with Crippen LogP contribution in [0, 0.1) is 0 Å². The lowest BCUT2D eigenvalue weighted by Gasteiger charge is -2.25. The number of carbonyl (C=O) groups is 1. The molecule has 3 atom stereocenters. The number of allylic oxidation sites excluding steroid dienone is 5. The van der Waals surface area contributed by atoms with Crippen molar-refractivity contribution in [2.45, 2.75) is 321 Å². The van der Waals surface area contributed by atoms with Crippen molar-refractivity contribution in [2.24, 2.45) is 0 Å². The summed E-state index contributed by atoms with van der Waals surface area (Å²) in [6, 6.07) is -0.863. The summed E-state index contributed by atoms with van der Waals surface area (Å²) in [6.07, 6.45) is 71.3. The zero-order valence-electron chi connectivity index (χ0n) is 48.7. The van der Waals surface area contributed by atoms with Crippen LogP contribution in [0.25, 0.3) is 0 Å². The summed E-state index contributed by atoms with van der Waals surface area (Å²) in [5, 5.41) is 13.9. The zero-order chi connectivity index (χ0) is 52.7. The summed E-state index contributed by atoms with van der Waals surface area (Å²) in [5.41, 5.74) is 0. The van der Waals surface area contributed by atoms with E-state index in [0.717, 1.165) is 38.5 Å². The molecule has 0 aromatic carbocycles. The number of likely N-dealkylation sites (N-methyl/N-ethyl adjacent to an activating group) is 1. The number of rotatable bonds is 58. The molecule has 0 saturated carbocycles. The van der Waals surface area contributed by atoms with Gasteiger partial charge in [0.05, 0.1) is 39.9 Å². The van der Waals surface area contributed by atoms with Crippen LogP contribution in [0.3, 0.4) is 0 Å². The molecule has 0 spiro atoms. The lowest BCUT2D eigenvalue weighted by Crippen LogP contribution is -2.45. The maximum atomic E-state index is 13.0. The van der Waals surface area contributed by atoms with Crippen molar-refractivity contribution in [1.29, 1.82) is 0 Å². The van der Waals surface area contributed by atoms with Crippen LogP contribution >= 0.6 is 7.82 Å². The standard InChI is InChI=1S/C63H123N2O6P/c1-6-8-10-12-14-16-18-20-22-24-26-28-29-30-31-32-33-34-35-36-37-39-41-43-45-47-49-51-53-55-57-63(67)64-61(60-71-72(68,69)70-59-58-65(3,4)5)62(66)56-54-52-50-48-46-44-42-40-38-27-25-23-21-19-17-15-13-11-9-7-2/h30-31,46,48,54,56,61-62,66H,6-29,32-45,47,49-53,55,57-60H2,1-5H3,(H-,64,67,68,69)/p+1/b31-30-,48-46+,56-54+. The number of amides is 1. The van der Waals surface area contributed by atoms with Gasteiger partial charge in [0, 0.05) is 6.42 Å². The number of phosphoric acid groups is 1. The molecule has 0 heterocycles. The molecule has 0 aliphatic carbocycles. The van der Waals surface area contributed by atoms with Crippen LogP contribution in [0.4, 0.5) is 0 Å². The number of hydrogen-bond acceptors (Lipinski definition) is 5. The minimum absolute atomic E-state index is 0.0574. The second-order valence-corrected chi connectivity index (χ2v) is 24.2. The molecule has 0 aliphatic heterocycles. The van der Waals surface area contributed by atoms with Gasteiger partial charge < -0.3 is 19.8 Å². The highest BCUT2D eigenvalue weighted by molar-refractivity contribution is 7.47. The minimum Gasteiger partial charge on any atom is -0.387 e. The molecule has 0 rings (SSSR count). The number of unbranched alkanes of at least 4 members (excludes halogenated alkanes) is 41. The topological polar surface area (TPSA) is 105 Å². The van der Waals surface area contributed by atoms with Crippen molar-refractivity contribution in [2.75, 3.05) is 40.9 Å². The molecular weight excluding hydrogens is 912 g/mol. The molecule has 3 N–H and O–H groups in total. The van der Waals surface area contributed by atoms with Gasteiger partial charge in [0.2, 0.25) is 5.91 Å². The minimum atomic E-state index is -4.36. The van der Waals surface area contributed by atoms with Gasteiger partial charge in [-0.2, -0.15) is 0 Å². The number of carbonyl (C=O) groups excluding carboxylic acids is 1. The first-order chi connectivity index (χ1) is 35.0. The van der Waals surface area contributed by atoms with Gasteiger partial charge in [0.25, 0.3) is 0 Å². The zero-order valence-corrected chi connectivity index (χ0v) is 49.6. The normalized spacial score (nSPS) is 14.0. The summed E-state index contributed by atoms with van der Waals surface area (Å²) in [5.74, 6) is -0.182. The van der Waals surface area contributed by atoms with Gasteiger partial charge in [-0.1, -0.05) is 281 Å². The van der Waals surface area contributed by atoms with E-state index in [-0.39, 0.29) is 19.1 Å². The third-order valence-corrected chi connectivity index (χ3v) is 15.3. The van der Waals surface area contributed by atoms with Crippen molar-refractivity contribution in [3.8, 4) is 0 Å². The quantitative estimate of drug-likeness (QED) is 0.0243. The van der Waals surface area contributed by atoms with E-state index in [1.807, 2.05) is 27.2 Å². The largest absolute Gasteiger partial charge is 0.472 e. The van der Waals surface area contributed by atoms with Crippen LogP contribution in [0.1, 0.15) is 309 Å². The van der Waals surface area contributed by atoms with Crippen LogP contribution in [-0.2, 0) is 18.4 Å². The van der Waals surface area contributed by atoms with Crippen LogP contribution in [0.15, 0.2) is 36.5 Å². The van der Waals surface area contributed by atoms with Gasteiger partial charge in [-0.25, -0.2) is 4.57 Å². The van der Waals surface area contributed by atoms with E-state index in [1.165, 1.54) is 250 Å². The molecule has 0 aromatic heterocycles. The molecule has 0 bridgehead atoms. The Kier molecular flexibility index (Phi) is 53.5. The van der Waals surface area contributed by atoms with Crippen molar-refractivity contribution in [1.82, 2.24) is 5.32 Å². The van der Waals surface area contributed by atoms with E-state index in [1.54, 1.807) is 6.08 Å². The Morgan fingerprint density at radius 1 is 0.458 bits per heavy atom. The Bertz CT molecular complexity index is 1270. The summed E-state index contributed by atoms with van der Waals surface area (Å²) in [7, 11) is 1.57. The number of nitrogens with one attached hydrogen (secondary N) is 1. The molecule has 0 saturated heterocycles. The third kappa shape index (κ3) is 56.4. The van der Waals surface area contributed by atoms with Gasteiger partial charge in [0.1, 0.15) is 13.2 Å². The molecule has 0 aromatic rings. The van der Waals surface area contributed by atoms with Crippen molar-refractivity contribution >= 4 is 13.7 Å². The average Bonchev–Trinajstić information content (AvgIpc) is 3.34. The fourth-order valence-electron chi connectivity index (χ4n) is 9.41. The molecular formula is C63H124N2O6P+. The first kappa shape index (κ1) is 70.7. The number of aliphatic hydroxyl groups is 1. The maximum absolute atomic E-state index is 13.0. The maximum Gasteiger partial charge on any atom is 0.472 e. The van der Waals surface area contributed by atoms with E-state index < -0.39 is 20.0 Å². The Morgan fingerprint density at radius 3 is 1.11 bits per heavy atom. The van der Waals surface area contributed by atoms with Gasteiger partial charge >= 0.3 is 7.82 Å². The molecule has 0 radical (unpaired) electrons. The van der Waals surface area contributed by atoms with Gasteiger partial charge in [-0.15, -0.1) is 0 Å². The van der Waals surface area contributed by atoms with E-state index >= 15 is 0 Å². The van der Waals surface area contributed by atoms with E-state index in [2.05, 4.69) is 43.5 Å². The molecule has 8 nitrogen and oxygen atoms in total. The highest BCUT2D eigenvalue weighted by Crippen LogP contribution is 2.43. The monoisotopic (exact) mass is 1040 g/mol. The number of nitrogens with zero attached hydrogens (tertiary/aromatic N) is 1. The predicted octanol–water partition coefficient (Wildman–Crippen LogP) is 19.3. The molecule has 9 heteroatoms. The van der Waals surface area contributed by atoms with Crippen molar-refractivity contribution in [3.63, 3.8) is 0 Å². The van der Waals surface area contributed by atoms with E-state index in [9.17, 15) is 19.4 Å². The van der Waals surface area contributed by atoms with E-state index in [0.29, 0.717) is 17.4 Å². The highest BCUT2D eigenvalue weighted by Gasteiger charge is 2.27. The second kappa shape index (κ2) is 54.5. The molecule has 426 valence electrons. The lowest BCUT2D eigenvalue weighted by atomic mass is 10.0. The average molecular weight is 1040 g/mol. The first-order valence-electron chi connectivity index (χ1n) is 31.4. The Hall–Kier alpha value is -1.28. The summed E-state index contributed by atoms with van der Waals surface area (Å²) in [6.45, 7) is 4.84. The molecule has 1 amide bonds. The van der Waals surface area contributed by atoms with Crippen LogP contribution < -0.4 is 5.32 Å². The van der Waals surface area contributed by atoms with Crippen LogP contribution in [0.2, 0.25) is 0 Å². The molecule has 0 aliphatic rings. The summed E-state index contributed by atoms with van der Waals surface area (Å²) in [4.78, 5) is 23.3. The second-order valence-electron chi connectivity index (χ2n) is 22.8. The van der Waals surface area contributed by atoms with Crippen molar-refractivity contribution < 1.29 is 32.9 Å². The SMILES string of the molecule is CCCCCCCCCCCCCC/C=C\CCCCCCCCCCCCCCCCC(=O)NC(COP(=O)(O)OCC[N+](C)(C)C)C(O)/C=C/CC/C=C/CCCCCCCCCCCCCCCC. The van der Waals surface area contributed by atoms with E-state index in [4.69, 9.17) is 9.05 Å². The predicted molar refractivity (Wildman–Crippen MR) is 314 cm³/mol. The number of phosphoric ester groups is 1. The Morgan fingerprint density at radius 2 is 0.764 bits per heavy atom. The number of quaternary nitrogens is 1. The van der Waals surface area contributed by atoms with Gasteiger partial charge in [-0.3, -0.25) is 13.8 Å². The fourth-order valence-corrected chi connectivity index (χ4v) is 10.1. The molecule has 0 fully saturated rings. The first-order valence-corrected chi connectivity index (χ1v) is 32.9. The number of hydrogen-bond donors (Lipinski definition) is 3. The lowest BCUT2D eigenvalue weighted by molar-refractivity contribution is -0.870. The fraction of sp³-hybridized carbons (Fsp3) is 0.889. The molecule has 72 heavy (non-hydrogen) atoms. The summed E-state index contributed by atoms with van der Waals surface area (Å²) >= 11 is 0. The Balaban J connectivity index is 4.12. The summed E-state index contributed by atoms with van der Waals surface area (Å²) < 4.78 is 23.7. The van der Waals surface area contributed by atoms with Crippen molar-refractivity contribution in [3.05, 3.63) is 36.5 Å². The third-order valence-electron chi connectivity index (χ3n) is 14.3. The van der Waals surface area contributed by atoms with Crippen LogP contribution in [0.5, 0.6) is 0 Å². The van der Waals surface area contributed by atoms with Gasteiger partial charge in [0.15, 0.2) is 0 Å². The number of aliphatic hydroxyl groups excluding tert-OH is 1. The molecule has 3 unspecified atom stereocenters. The Labute approximate surface area is 448 Å². The highest BCUT2D eigenvalue weighted by atomic mass is 31.2. The smallest absolute Gasteiger partial charge is 0.387 e. The van der Waals surface area contributed by atoms with Gasteiger partial charge in [-0.05, 0) is 57.8 Å². The van der Waals surface area contributed by atoms with Crippen LogP contribution in [-0.4, -0.2) is 73.4 Å².